The van der Waals surface area contributed by atoms with Crippen LogP contribution in [-0.4, -0.2) is 36.3 Å². The van der Waals surface area contributed by atoms with Gasteiger partial charge in [-0.15, -0.1) is 0 Å². The summed E-state index contributed by atoms with van der Waals surface area (Å²) in [5, 5.41) is 18.4. The Morgan fingerprint density at radius 3 is 3.21 bits per heavy atom. The molecule has 8 nitrogen and oxygen atoms in total. The summed E-state index contributed by atoms with van der Waals surface area (Å²) >= 11 is 0. The lowest BCUT2D eigenvalue weighted by Crippen LogP contribution is -2.20. The maximum atomic E-state index is 10.4. The van der Waals surface area contributed by atoms with E-state index in [-0.39, 0.29) is 6.54 Å². The molecule has 4 N–H and O–H groups in total. The monoisotopic (exact) mass is 258 g/mol. The molecule has 0 bridgehead atoms. The van der Waals surface area contributed by atoms with E-state index in [1.165, 1.54) is 0 Å². The van der Waals surface area contributed by atoms with Crippen molar-refractivity contribution in [3.8, 4) is 11.4 Å². The normalized spacial score (nSPS) is 10.7. The first-order valence-electron chi connectivity index (χ1n) is 5.54. The smallest absolute Gasteiger partial charge is 0.405 e. The van der Waals surface area contributed by atoms with E-state index in [1.54, 1.807) is 12.4 Å². The van der Waals surface area contributed by atoms with Crippen molar-refractivity contribution in [3.63, 3.8) is 0 Å². The molecule has 0 atom stereocenters. The van der Waals surface area contributed by atoms with Gasteiger partial charge in [0.05, 0.1) is 6.54 Å². The van der Waals surface area contributed by atoms with Gasteiger partial charge in [0, 0.05) is 23.3 Å². The Morgan fingerprint density at radius 1 is 1.47 bits per heavy atom. The number of aromatic amines is 2. The molecule has 19 heavy (non-hydrogen) atoms. The lowest BCUT2D eigenvalue weighted by Gasteiger charge is -1.94. The second-order valence-corrected chi connectivity index (χ2v) is 3.87. The van der Waals surface area contributed by atoms with Gasteiger partial charge >= 0.3 is 6.09 Å². The van der Waals surface area contributed by atoms with Crippen LogP contribution >= 0.6 is 0 Å². The number of aromatic nitrogens is 5. The third-order valence-corrected chi connectivity index (χ3v) is 2.63. The summed E-state index contributed by atoms with van der Waals surface area (Å²) in [4.78, 5) is 21.8. The zero-order valence-corrected chi connectivity index (χ0v) is 9.71. The standard InChI is InChI=1S/C11H10N6O2/c18-11(19)14-5-8-15-10(17-16-8)7-4-13-9-6(7)2-1-3-12-9/h1-4,14H,5H2,(H,12,13)(H,18,19)(H,15,16,17). The van der Waals surface area contributed by atoms with E-state index in [4.69, 9.17) is 5.11 Å². The molecule has 0 saturated carbocycles. The summed E-state index contributed by atoms with van der Waals surface area (Å²) in [6, 6.07) is 3.75. The third kappa shape index (κ3) is 2.10. The van der Waals surface area contributed by atoms with Gasteiger partial charge < -0.3 is 15.4 Å². The molecule has 3 rings (SSSR count). The van der Waals surface area contributed by atoms with Crippen LogP contribution in [0.15, 0.2) is 24.5 Å². The van der Waals surface area contributed by atoms with Crippen LogP contribution in [0.5, 0.6) is 0 Å². The van der Waals surface area contributed by atoms with Crippen LogP contribution in [0.1, 0.15) is 5.82 Å². The number of H-pyrrole nitrogens is 2. The number of hydrogen-bond donors (Lipinski definition) is 4. The van der Waals surface area contributed by atoms with E-state index in [1.807, 2.05) is 12.1 Å². The van der Waals surface area contributed by atoms with Crippen LogP contribution in [0.3, 0.4) is 0 Å². The Labute approximate surface area is 106 Å². The number of fused-ring (bicyclic) bond motifs is 1. The van der Waals surface area contributed by atoms with Crippen molar-refractivity contribution in [2.24, 2.45) is 0 Å². The molecule has 0 unspecified atom stereocenters. The summed E-state index contributed by atoms with van der Waals surface area (Å²) in [6.07, 6.45) is 2.37. The van der Waals surface area contributed by atoms with Gasteiger partial charge in [-0.25, -0.2) is 14.8 Å². The van der Waals surface area contributed by atoms with E-state index in [0.29, 0.717) is 11.6 Å². The highest BCUT2D eigenvalue weighted by molar-refractivity contribution is 5.91. The molecule has 0 aliphatic heterocycles. The minimum atomic E-state index is -1.10. The van der Waals surface area contributed by atoms with Gasteiger partial charge in [0.25, 0.3) is 0 Å². The minimum Gasteiger partial charge on any atom is -0.465 e. The number of pyridine rings is 1. The lowest BCUT2D eigenvalue weighted by molar-refractivity contribution is 0.193. The number of rotatable bonds is 3. The molecule has 96 valence electrons. The zero-order valence-electron chi connectivity index (χ0n) is 9.71. The summed E-state index contributed by atoms with van der Waals surface area (Å²) in [6.45, 7) is 0.0862. The molecule has 3 heterocycles. The molecule has 8 heteroatoms. The zero-order chi connectivity index (χ0) is 13.2. The van der Waals surface area contributed by atoms with Crippen molar-refractivity contribution in [1.82, 2.24) is 30.5 Å². The van der Waals surface area contributed by atoms with E-state index < -0.39 is 6.09 Å². The molecule has 1 amide bonds. The van der Waals surface area contributed by atoms with Gasteiger partial charge in [0.1, 0.15) is 11.5 Å². The Morgan fingerprint density at radius 2 is 2.37 bits per heavy atom. The van der Waals surface area contributed by atoms with Gasteiger partial charge in [-0.3, -0.25) is 5.10 Å². The predicted molar refractivity (Wildman–Crippen MR) is 66.3 cm³/mol. The van der Waals surface area contributed by atoms with Gasteiger partial charge in [-0.2, -0.15) is 5.10 Å². The quantitative estimate of drug-likeness (QED) is 0.561. The first-order valence-corrected chi connectivity index (χ1v) is 5.54. The first kappa shape index (κ1) is 11.2. The highest BCUT2D eigenvalue weighted by Gasteiger charge is 2.11. The van der Waals surface area contributed by atoms with Crippen LogP contribution in [0.4, 0.5) is 4.79 Å². The summed E-state index contributed by atoms with van der Waals surface area (Å²) in [7, 11) is 0. The second kappa shape index (κ2) is 4.41. The minimum absolute atomic E-state index is 0.0862. The Bertz CT molecular complexity index is 731. The topological polar surface area (TPSA) is 120 Å². The van der Waals surface area contributed by atoms with Crippen molar-refractivity contribution in [1.29, 1.82) is 0 Å². The number of carbonyl (C=O) groups is 1. The molecule has 0 aliphatic carbocycles. The molecule has 0 fully saturated rings. The molecule has 3 aromatic rings. The van der Waals surface area contributed by atoms with Crippen LogP contribution in [0.2, 0.25) is 0 Å². The summed E-state index contributed by atoms with van der Waals surface area (Å²) in [5.41, 5.74) is 1.58. The van der Waals surface area contributed by atoms with E-state index >= 15 is 0 Å². The number of hydrogen-bond acceptors (Lipinski definition) is 4. The highest BCUT2D eigenvalue weighted by Crippen LogP contribution is 2.24. The van der Waals surface area contributed by atoms with Gasteiger partial charge in [0.2, 0.25) is 0 Å². The van der Waals surface area contributed by atoms with E-state index in [2.05, 4.69) is 30.5 Å². The number of amides is 1. The molecule has 0 aliphatic rings. The number of nitrogens with zero attached hydrogens (tertiary/aromatic N) is 3. The summed E-state index contributed by atoms with van der Waals surface area (Å²) < 4.78 is 0. The molecule has 3 aromatic heterocycles. The Balaban J connectivity index is 1.92. The van der Waals surface area contributed by atoms with Gasteiger partial charge in [0.15, 0.2) is 5.82 Å². The summed E-state index contributed by atoms with van der Waals surface area (Å²) in [5.74, 6) is 0.956. The fraction of sp³-hybridized carbons (Fsp3) is 0.0909. The van der Waals surface area contributed by atoms with Crippen LogP contribution in [0, 0.1) is 0 Å². The third-order valence-electron chi connectivity index (χ3n) is 2.63. The van der Waals surface area contributed by atoms with Gasteiger partial charge in [-0.1, -0.05) is 0 Å². The maximum absolute atomic E-state index is 10.4. The second-order valence-electron chi connectivity index (χ2n) is 3.87. The van der Waals surface area contributed by atoms with Crippen molar-refractivity contribution >= 4 is 17.1 Å². The van der Waals surface area contributed by atoms with E-state index in [9.17, 15) is 4.79 Å². The van der Waals surface area contributed by atoms with Crippen LogP contribution < -0.4 is 5.32 Å². The van der Waals surface area contributed by atoms with Gasteiger partial charge in [-0.05, 0) is 12.1 Å². The van der Waals surface area contributed by atoms with Crippen molar-refractivity contribution in [2.75, 3.05) is 0 Å². The fourth-order valence-electron chi connectivity index (χ4n) is 1.80. The molecule has 0 saturated heterocycles. The molecule has 0 aromatic carbocycles. The predicted octanol–water partition coefficient (Wildman–Crippen LogP) is 1.12. The van der Waals surface area contributed by atoms with Crippen molar-refractivity contribution in [3.05, 3.63) is 30.4 Å². The lowest BCUT2D eigenvalue weighted by atomic mass is 10.2. The van der Waals surface area contributed by atoms with E-state index in [0.717, 1.165) is 16.6 Å². The van der Waals surface area contributed by atoms with Crippen LogP contribution in [-0.2, 0) is 6.54 Å². The largest absolute Gasteiger partial charge is 0.465 e. The first-order chi connectivity index (χ1) is 9.24. The average Bonchev–Trinajstić information content (AvgIpc) is 3.02. The number of carboxylic acid groups (broad SMARTS) is 1. The fourth-order valence-corrected chi connectivity index (χ4v) is 1.80. The number of nitrogens with one attached hydrogen (secondary N) is 3. The molecular formula is C11H10N6O2. The van der Waals surface area contributed by atoms with Crippen molar-refractivity contribution in [2.45, 2.75) is 6.54 Å². The average molecular weight is 258 g/mol. The van der Waals surface area contributed by atoms with Crippen molar-refractivity contribution < 1.29 is 9.90 Å². The maximum Gasteiger partial charge on any atom is 0.405 e. The van der Waals surface area contributed by atoms with Crippen LogP contribution in [0.25, 0.3) is 22.4 Å². The molecule has 0 radical (unpaired) electrons. The Kier molecular flexibility index (Phi) is 2.60. The highest BCUT2D eigenvalue weighted by atomic mass is 16.4. The Hall–Kier alpha value is -2.90. The molecular weight excluding hydrogens is 248 g/mol. The molecule has 0 spiro atoms. The SMILES string of the molecule is O=C(O)NCc1nc(-c2c[nH]c3ncccc23)n[nH]1.